The molecule has 1 aliphatic carbocycles. The molecule has 0 aromatic heterocycles. The lowest BCUT2D eigenvalue weighted by molar-refractivity contribution is -0.134. The third-order valence-electron chi connectivity index (χ3n) is 4.73. The fourth-order valence-corrected chi connectivity index (χ4v) is 3.02. The molecule has 2 aliphatic rings. The van der Waals surface area contributed by atoms with Crippen LogP contribution in [0.5, 0.6) is 5.75 Å². The molecule has 1 aromatic carbocycles. The molecule has 24 heavy (non-hydrogen) atoms. The molecule has 6 nitrogen and oxygen atoms in total. The quantitative estimate of drug-likeness (QED) is 0.798. The van der Waals surface area contributed by atoms with E-state index in [1.807, 2.05) is 0 Å². The van der Waals surface area contributed by atoms with Crippen LogP contribution >= 0.6 is 0 Å². The Kier molecular flexibility index (Phi) is 4.83. The molecule has 3 rings (SSSR count). The molecule has 2 fully saturated rings. The number of nitrogens with zero attached hydrogens (tertiary/aromatic N) is 1. The van der Waals surface area contributed by atoms with Crippen LogP contribution in [0.4, 0.5) is 0 Å². The molecule has 0 unspecified atom stereocenters. The zero-order chi connectivity index (χ0) is 17.1. The minimum atomic E-state index is -0.0975. The Bertz CT molecular complexity index is 629. The van der Waals surface area contributed by atoms with E-state index in [9.17, 15) is 19.5 Å². The van der Waals surface area contributed by atoms with Crippen molar-refractivity contribution in [2.45, 2.75) is 25.7 Å². The Labute approximate surface area is 140 Å². The molecule has 1 aromatic rings. The topological polar surface area (TPSA) is 86.7 Å². The number of piperidine rings is 1. The Morgan fingerprint density at radius 1 is 1.00 bits per heavy atom. The lowest BCUT2D eigenvalue weighted by Crippen LogP contribution is -2.45. The van der Waals surface area contributed by atoms with Gasteiger partial charge in [-0.1, -0.05) is 0 Å². The number of nitrogens with one attached hydrogen (secondary N) is 1. The van der Waals surface area contributed by atoms with Crippen molar-refractivity contribution in [1.29, 1.82) is 0 Å². The second-order valence-electron chi connectivity index (χ2n) is 6.56. The van der Waals surface area contributed by atoms with Gasteiger partial charge < -0.3 is 15.3 Å². The highest BCUT2D eigenvalue weighted by atomic mass is 16.3. The van der Waals surface area contributed by atoms with Crippen molar-refractivity contribution in [2.24, 2.45) is 11.8 Å². The maximum absolute atomic E-state index is 12.4. The molecule has 128 valence electrons. The van der Waals surface area contributed by atoms with Crippen LogP contribution in [0, 0.1) is 11.8 Å². The lowest BCUT2D eigenvalue weighted by Gasteiger charge is -2.31. The molecule has 6 heteroatoms. The summed E-state index contributed by atoms with van der Waals surface area (Å²) in [7, 11) is 0. The van der Waals surface area contributed by atoms with E-state index in [0.717, 1.165) is 12.8 Å². The number of amides is 2. The maximum atomic E-state index is 12.4. The van der Waals surface area contributed by atoms with E-state index in [2.05, 4.69) is 5.32 Å². The van der Waals surface area contributed by atoms with Gasteiger partial charge in [-0.2, -0.15) is 0 Å². The molecule has 0 radical (unpaired) electrons. The van der Waals surface area contributed by atoms with Gasteiger partial charge in [0.15, 0.2) is 5.78 Å². The average Bonchev–Trinajstić information content (AvgIpc) is 3.45. The maximum Gasteiger partial charge on any atom is 0.241 e. The first-order valence-electron chi connectivity index (χ1n) is 8.43. The number of phenols is 1. The molecule has 0 spiro atoms. The highest BCUT2D eigenvalue weighted by molar-refractivity contribution is 5.98. The number of benzene rings is 1. The van der Waals surface area contributed by atoms with Gasteiger partial charge in [0, 0.05) is 30.5 Å². The summed E-state index contributed by atoms with van der Waals surface area (Å²) in [6.07, 6.45) is 3.10. The monoisotopic (exact) mass is 330 g/mol. The van der Waals surface area contributed by atoms with Crippen molar-refractivity contribution < 1.29 is 19.5 Å². The standard InChI is InChI=1S/C18H22N2O4/c21-15-5-3-12(4-6-15)17(23)13-7-9-20(10-8-13)16(22)11-19-18(24)14-1-2-14/h3-6,13-14,21H,1-2,7-11H2,(H,19,24). The van der Waals surface area contributed by atoms with Gasteiger partial charge in [-0.25, -0.2) is 0 Å². The Hall–Kier alpha value is -2.37. The molecule has 0 atom stereocenters. The second-order valence-corrected chi connectivity index (χ2v) is 6.56. The van der Waals surface area contributed by atoms with Crippen LogP contribution in [0.15, 0.2) is 24.3 Å². The molecule has 0 bridgehead atoms. The first kappa shape index (κ1) is 16.5. The van der Waals surface area contributed by atoms with E-state index in [1.165, 1.54) is 12.1 Å². The number of carbonyl (C=O) groups is 3. The van der Waals surface area contributed by atoms with Crippen LogP contribution in [0.3, 0.4) is 0 Å². The minimum Gasteiger partial charge on any atom is -0.508 e. The van der Waals surface area contributed by atoms with Crippen molar-refractivity contribution in [3.05, 3.63) is 29.8 Å². The Balaban J connectivity index is 1.46. The second kappa shape index (κ2) is 7.03. The predicted octanol–water partition coefficient (Wildman–Crippen LogP) is 1.34. The molecular formula is C18H22N2O4. The number of rotatable bonds is 5. The number of likely N-dealkylation sites (tertiary alicyclic amines) is 1. The summed E-state index contributed by atoms with van der Waals surface area (Å²) in [5.74, 6) is 0.0933. The Morgan fingerprint density at radius 2 is 1.62 bits per heavy atom. The summed E-state index contributed by atoms with van der Waals surface area (Å²) in [4.78, 5) is 37.9. The van der Waals surface area contributed by atoms with Crippen molar-refractivity contribution >= 4 is 17.6 Å². The smallest absolute Gasteiger partial charge is 0.241 e. The molecule has 1 saturated carbocycles. The summed E-state index contributed by atoms with van der Waals surface area (Å²) in [6, 6.07) is 6.27. The first-order valence-corrected chi connectivity index (χ1v) is 8.43. The average molecular weight is 330 g/mol. The molecule has 1 aliphatic heterocycles. The summed E-state index contributed by atoms with van der Waals surface area (Å²) < 4.78 is 0. The van der Waals surface area contributed by atoms with Gasteiger partial charge in [-0.3, -0.25) is 14.4 Å². The number of Topliss-reactive ketones (excluding diaryl/α,β-unsaturated/α-hetero) is 1. The van der Waals surface area contributed by atoms with Gasteiger partial charge in [0.2, 0.25) is 11.8 Å². The molecule has 1 heterocycles. The van der Waals surface area contributed by atoms with E-state index >= 15 is 0 Å². The van der Waals surface area contributed by atoms with Gasteiger partial charge in [0.1, 0.15) is 5.75 Å². The van der Waals surface area contributed by atoms with Gasteiger partial charge in [0.25, 0.3) is 0 Å². The summed E-state index contributed by atoms with van der Waals surface area (Å²) in [6.45, 7) is 1.12. The summed E-state index contributed by atoms with van der Waals surface area (Å²) in [5.41, 5.74) is 0.592. The third kappa shape index (κ3) is 3.93. The number of phenolic OH excluding ortho intramolecular Hbond substituents is 1. The lowest BCUT2D eigenvalue weighted by atomic mass is 9.89. The van der Waals surface area contributed by atoms with E-state index < -0.39 is 0 Å². The number of carbonyl (C=O) groups excluding carboxylic acids is 3. The van der Waals surface area contributed by atoms with Gasteiger partial charge in [-0.15, -0.1) is 0 Å². The van der Waals surface area contributed by atoms with Crippen LogP contribution < -0.4 is 5.32 Å². The number of hydrogen-bond donors (Lipinski definition) is 2. The van der Waals surface area contributed by atoms with Crippen LogP contribution in [-0.2, 0) is 9.59 Å². The molecular weight excluding hydrogens is 308 g/mol. The van der Waals surface area contributed by atoms with Crippen molar-refractivity contribution in [1.82, 2.24) is 10.2 Å². The molecule has 2 amide bonds. The molecule has 2 N–H and O–H groups in total. The van der Waals surface area contributed by atoms with Crippen molar-refractivity contribution in [3.8, 4) is 5.75 Å². The van der Waals surface area contributed by atoms with Crippen LogP contribution in [0.1, 0.15) is 36.0 Å². The zero-order valence-corrected chi connectivity index (χ0v) is 13.5. The van der Waals surface area contributed by atoms with Crippen molar-refractivity contribution in [3.63, 3.8) is 0 Å². The van der Waals surface area contributed by atoms with Crippen LogP contribution in [0.2, 0.25) is 0 Å². The number of hydrogen-bond acceptors (Lipinski definition) is 4. The summed E-state index contributed by atoms with van der Waals surface area (Å²) in [5, 5.41) is 12.0. The SMILES string of the molecule is O=C(NCC(=O)N1CCC(C(=O)c2ccc(O)cc2)CC1)C1CC1. The fourth-order valence-electron chi connectivity index (χ4n) is 3.02. The van der Waals surface area contributed by atoms with Crippen LogP contribution in [0.25, 0.3) is 0 Å². The van der Waals surface area contributed by atoms with E-state index in [0.29, 0.717) is 31.5 Å². The minimum absolute atomic E-state index is 0.0271. The Morgan fingerprint density at radius 3 is 2.21 bits per heavy atom. The van der Waals surface area contributed by atoms with Gasteiger partial charge in [-0.05, 0) is 49.9 Å². The van der Waals surface area contributed by atoms with Crippen LogP contribution in [-0.4, -0.2) is 47.2 Å². The predicted molar refractivity (Wildman–Crippen MR) is 87.5 cm³/mol. The summed E-state index contributed by atoms with van der Waals surface area (Å²) >= 11 is 0. The van der Waals surface area contributed by atoms with E-state index in [-0.39, 0.29) is 41.7 Å². The van der Waals surface area contributed by atoms with E-state index in [1.54, 1.807) is 17.0 Å². The highest BCUT2D eigenvalue weighted by Gasteiger charge is 2.31. The largest absolute Gasteiger partial charge is 0.508 e. The van der Waals surface area contributed by atoms with E-state index in [4.69, 9.17) is 0 Å². The normalized spacial score (nSPS) is 18.2. The number of aromatic hydroxyl groups is 1. The third-order valence-corrected chi connectivity index (χ3v) is 4.73. The van der Waals surface area contributed by atoms with Gasteiger partial charge in [0.05, 0.1) is 6.54 Å². The first-order chi connectivity index (χ1) is 11.5. The molecule has 1 saturated heterocycles. The van der Waals surface area contributed by atoms with Gasteiger partial charge >= 0.3 is 0 Å². The van der Waals surface area contributed by atoms with Crippen molar-refractivity contribution in [2.75, 3.05) is 19.6 Å². The highest BCUT2D eigenvalue weighted by Crippen LogP contribution is 2.28. The zero-order valence-electron chi connectivity index (χ0n) is 13.5. The number of ketones is 1. The fraction of sp³-hybridized carbons (Fsp3) is 0.500.